The quantitative estimate of drug-likeness (QED) is 0.307. The second-order valence-corrected chi connectivity index (χ2v) is 8.88. The first-order chi connectivity index (χ1) is 15.1. The molecular weight excluding hydrogens is 419 g/mol. The topological polar surface area (TPSA) is 163 Å². The zero-order valence-electron chi connectivity index (χ0n) is 18.0. The van der Waals surface area contributed by atoms with Gasteiger partial charge in [0.25, 0.3) is 0 Å². The highest BCUT2D eigenvalue weighted by Gasteiger charge is 2.54. The number of aromatic carboxylic acids is 1. The fraction of sp³-hybridized carbons (Fsp3) is 0.550. The molecule has 6 N–H and O–H groups in total. The highest BCUT2D eigenvalue weighted by atomic mass is 16.5. The summed E-state index contributed by atoms with van der Waals surface area (Å²) in [5, 5.41) is 24.7. The number of fused-ring (bicyclic) bond motifs is 3. The van der Waals surface area contributed by atoms with E-state index in [2.05, 4.69) is 10.6 Å². The SMILES string of the molecule is CNC(=O)CNC(=O)C(C)(N)CN1CC(Oc2ccc3c(c2C(=O)O)OB(O)C2CC32)C1. The van der Waals surface area contributed by atoms with Crippen LogP contribution in [-0.2, 0) is 9.59 Å². The fourth-order valence-electron chi connectivity index (χ4n) is 4.29. The van der Waals surface area contributed by atoms with Gasteiger partial charge in [0.2, 0.25) is 11.8 Å². The minimum atomic E-state index is -1.21. The number of nitrogens with one attached hydrogen (secondary N) is 2. The Balaban J connectivity index is 1.35. The van der Waals surface area contributed by atoms with Crippen LogP contribution in [0.3, 0.4) is 0 Å². The van der Waals surface area contributed by atoms with Crippen LogP contribution >= 0.6 is 0 Å². The Labute approximate surface area is 185 Å². The van der Waals surface area contributed by atoms with E-state index in [1.807, 2.05) is 4.90 Å². The van der Waals surface area contributed by atoms with Crippen LogP contribution in [0.5, 0.6) is 11.5 Å². The van der Waals surface area contributed by atoms with E-state index in [4.69, 9.17) is 15.1 Å². The molecule has 3 atom stereocenters. The first-order valence-corrected chi connectivity index (χ1v) is 10.5. The Hall–Kier alpha value is -2.83. The molecule has 2 amide bonds. The number of benzene rings is 1. The molecule has 2 fully saturated rings. The summed E-state index contributed by atoms with van der Waals surface area (Å²) in [6.07, 6.45) is 0.498. The number of carbonyl (C=O) groups excluding carboxylic acids is 2. The number of nitrogens with two attached hydrogens (primary N) is 1. The number of hydrogen-bond donors (Lipinski definition) is 5. The molecule has 12 heteroatoms. The normalized spacial score (nSPS) is 23.6. The summed E-state index contributed by atoms with van der Waals surface area (Å²) < 4.78 is 11.4. The summed E-state index contributed by atoms with van der Waals surface area (Å²) in [6, 6.07) is 3.44. The van der Waals surface area contributed by atoms with Crippen LogP contribution < -0.4 is 25.8 Å². The lowest BCUT2D eigenvalue weighted by Crippen LogP contribution is -2.64. The van der Waals surface area contributed by atoms with E-state index in [0.717, 1.165) is 12.0 Å². The van der Waals surface area contributed by atoms with E-state index in [0.29, 0.717) is 13.1 Å². The zero-order chi connectivity index (χ0) is 23.2. The number of amides is 2. The molecule has 1 saturated carbocycles. The van der Waals surface area contributed by atoms with Crippen molar-refractivity contribution >= 4 is 24.9 Å². The average Bonchev–Trinajstić information content (AvgIpc) is 3.51. The molecule has 1 aromatic rings. The van der Waals surface area contributed by atoms with Gasteiger partial charge in [-0.3, -0.25) is 14.5 Å². The van der Waals surface area contributed by atoms with Crippen LogP contribution in [0.15, 0.2) is 12.1 Å². The van der Waals surface area contributed by atoms with Crippen LogP contribution in [0.1, 0.15) is 35.2 Å². The second kappa shape index (κ2) is 8.26. The van der Waals surface area contributed by atoms with E-state index in [1.54, 1.807) is 19.1 Å². The van der Waals surface area contributed by atoms with Crippen molar-refractivity contribution in [2.75, 3.05) is 33.2 Å². The van der Waals surface area contributed by atoms with Gasteiger partial charge in [-0.1, -0.05) is 6.07 Å². The van der Waals surface area contributed by atoms with Crippen molar-refractivity contribution in [1.82, 2.24) is 15.5 Å². The van der Waals surface area contributed by atoms with Gasteiger partial charge in [-0.15, -0.1) is 0 Å². The lowest BCUT2D eigenvalue weighted by atomic mass is 9.77. The third-order valence-electron chi connectivity index (χ3n) is 6.18. The summed E-state index contributed by atoms with van der Waals surface area (Å²) in [6.45, 7) is 2.60. The molecule has 1 aliphatic carbocycles. The molecule has 3 unspecified atom stereocenters. The number of rotatable bonds is 8. The van der Waals surface area contributed by atoms with Crippen molar-refractivity contribution in [2.24, 2.45) is 5.73 Å². The van der Waals surface area contributed by atoms with Crippen molar-refractivity contribution in [3.8, 4) is 11.5 Å². The first kappa shape index (κ1) is 22.4. The van der Waals surface area contributed by atoms with Crippen LogP contribution in [0, 0.1) is 0 Å². The van der Waals surface area contributed by atoms with Crippen LogP contribution in [0.25, 0.3) is 0 Å². The molecule has 172 valence electrons. The van der Waals surface area contributed by atoms with Gasteiger partial charge in [-0.25, -0.2) is 4.79 Å². The highest BCUT2D eigenvalue weighted by molar-refractivity contribution is 6.48. The smallest absolute Gasteiger partial charge is 0.526 e. The predicted molar refractivity (Wildman–Crippen MR) is 114 cm³/mol. The Kier molecular flexibility index (Phi) is 5.78. The minimum Gasteiger partial charge on any atom is -0.535 e. The van der Waals surface area contributed by atoms with Crippen molar-refractivity contribution in [1.29, 1.82) is 0 Å². The number of hydrogen-bond acceptors (Lipinski definition) is 8. The third kappa shape index (κ3) is 4.25. The van der Waals surface area contributed by atoms with E-state index in [9.17, 15) is 24.5 Å². The van der Waals surface area contributed by atoms with Crippen molar-refractivity contribution in [3.05, 3.63) is 23.3 Å². The number of ether oxygens (including phenoxy) is 1. The molecule has 1 aromatic carbocycles. The number of carboxylic acid groups (broad SMARTS) is 1. The molecule has 2 aliphatic heterocycles. The molecule has 0 bridgehead atoms. The molecule has 4 rings (SSSR count). The van der Waals surface area contributed by atoms with Gasteiger partial charge in [0.1, 0.15) is 28.7 Å². The van der Waals surface area contributed by atoms with Crippen molar-refractivity contribution < 1.29 is 33.9 Å². The molecule has 11 nitrogen and oxygen atoms in total. The molecule has 0 spiro atoms. The molecule has 0 aromatic heterocycles. The summed E-state index contributed by atoms with van der Waals surface area (Å²) >= 11 is 0. The molecule has 3 aliphatic rings. The van der Waals surface area contributed by atoms with Crippen LogP contribution in [0.2, 0.25) is 5.82 Å². The van der Waals surface area contributed by atoms with Gasteiger partial charge in [-0.05, 0) is 30.9 Å². The first-order valence-electron chi connectivity index (χ1n) is 10.5. The second-order valence-electron chi connectivity index (χ2n) is 8.88. The summed E-state index contributed by atoms with van der Waals surface area (Å²) in [7, 11) is 0.475. The summed E-state index contributed by atoms with van der Waals surface area (Å²) in [5.41, 5.74) is 5.63. The largest absolute Gasteiger partial charge is 0.535 e. The number of likely N-dealkylation sites (N-methyl/N-ethyl adjacent to an activating group) is 1. The van der Waals surface area contributed by atoms with E-state index < -0.39 is 24.5 Å². The average molecular weight is 446 g/mol. The molecule has 1 saturated heterocycles. The highest BCUT2D eigenvalue weighted by Crippen LogP contribution is 2.60. The lowest BCUT2D eigenvalue weighted by molar-refractivity contribution is -0.130. The van der Waals surface area contributed by atoms with Gasteiger partial charge in [-0.2, -0.15) is 0 Å². The van der Waals surface area contributed by atoms with Crippen molar-refractivity contribution in [2.45, 2.75) is 36.7 Å². The molecular formula is C20H27BN4O7. The number of carboxylic acids is 1. The zero-order valence-corrected chi connectivity index (χ0v) is 18.0. The minimum absolute atomic E-state index is 0.0234. The van der Waals surface area contributed by atoms with Gasteiger partial charge in [0, 0.05) is 32.5 Å². The van der Waals surface area contributed by atoms with Crippen LogP contribution in [0.4, 0.5) is 0 Å². The molecule has 0 radical (unpaired) electrons. The maximum Gasteiger partial charge on any atom is 0.526 e. The third-order valence-corrected chi connectivity index (χ3v) is 6.18. The number of likely N-dealkylation sites (tertiary alicyclic amines) is 1. The van der Waals surface area contributed by atoms with E-state index >= 15 is 0 Å². The van der Waals surface area contributed by atoms with Gasteiger partial charge in [0.05, 0.1) is 6.54 Å². The Bertz CT molecular complexity index is 950. The Morgan fingerprint density at radius 1 is 1.38 bits per heavy atom. The van der Waals surface area contributed by atoms with Gasteiger partial charge >= 0.3 is 13.1 Å². The molecule has 2 heterocycles. The van der Waals surface area contributed by atoms with Gasteiger partial charge < -0.3 is 35.9 Å². The molecule has 32 heavy (non-hydrogen) atoms. The number of carbonyl (C=O) groups is 3. The monoisotopic (exact) mass is 446 g/mol. The van der Waals surface area contributed by atoms with Crippen LogP contribution in [-0.4, -0.2) is 84.8 Å². The number of nitrogens with zero attached hydrogens (tertiary/aromatic N) is 1. The van der Waals surface area contributed by atoms with Crippen molar-refractivity contribution in [3.63, 3.8) is 0 Å². The predicted octanol–water partition coefficient (Wildman–Crippen LogP) is -1.24. The van der Waals surface area contributed by atoms with Gasteiger partial charge in [0.15, 0.2) is 0 Å². The maximum atomic E-state index is 12.3. The summed E-state index contributed by atoms with van der Waals surface area (Å²) in [5.74, 6) is -1.43. The summed E-state index contributed by atoms with van der Waals surface area (Å²) in [4.78, 5) is 37.4. The standard InChI is InChI=1S/C20H27BN4O7/c1-20(22,19(29)24-6-15(26)23-2)9-25-7-10(8-25)31-14-4-3-11-12-5-13(12)21(30)32-17(11)16(14)18(27)28/h3-4,10,12-13,30H,5-9,22H2,1-2H3,(H,23,26)(H,24,29)(H,27,28). The van der Waals surface area contributed by atoms with E-state index in [-0.39, 0.29) is 53.9 Å². The fourth-order valence-corrected chi connectivity index (χ4v) is 4.29. The van der Waals surface area contributed by atoms with E-state index in [1.165, 1.54) is 7.05 Å². The Morgan fingerprint density at radius 2 is 2.09 bits per heavy atom. The maximum absolute atomic E-state index is 12.3. The lowest BCUT2D eigenvalue weighted by Gasteiger charge is -2.42. The Morgan fingerprint density at radius 3 is 2.75 bits per heavy atom.